The molecule has 0 radical (unpaired) electrons. The summed E-state index contributed by atoms with van der Waals surface area (Å²) in [6, 6.07) is 52.8. The van der Waals surface area contributed by atoms with Crippen molar-refractivity contribution in [3.63, 3.8) is 0 Å². The van der Waals surface area contributed by atoms with Crippen LogP contribution in [-0.2, 0) is 27.1 Å². The smallest absolute Gasteiger partial charge is 0.457 e. The zero-order valence-corrected chi connectivity index (χ0v) is 42.5. The van der Waals surface area contributed by atoms with Crippen molar-refractivity contribution >= 4 is 50.6 Å². The van der Waals surface area contributed by atoms with Crippen molar-refractivity contribution in [1.82, 2.24) is 18.7 Å². The lowest BCUT2D eigenvalue weighted by Gasteiger charge is -2.24. The van der Waals surface area contributed by atoms with Gasteiger partial charge in [0.25, 0.3) is 5.69 Å². The van der Waals surface area contributed by atoms with Gasteiger partial charge >= 0.3 is 11.7 Å². The fourth-order valence-electron chi connectivity index (χ4n) is 9.26. The van der Waals surface area contributed by atoms with Crippen molar-refractivity contribution in [1.29, 1.82) is 0 Å². The first kappa shape index (κ1) is 45.6. The lowest BCUT2D eigenvalue weighted by molar-refractivity contribution is 0.456. The van der Waals surface area contributed by atoms with Crippen LogP contribution in [-0.4, -0.2) is 15.6 Å². The van der Waals surface area contributed by atoms with Gasteiger partial charge in [0.05, 0.1) is 22.7 Å². The monoisotopic (exact) mass is 885 g/mol. The third-order valence-corrected chi connectivity index (χ3v) is 13.4. The van der Waals surface area contributed by atoms with Crippen molar-refractivity contribution in [2.24, 2.45) is 0 Å². The molecule has 0 N–H and O–H groups in total. The molecule has 6 aromatic carbocycles. The van der Waals surface area contributed by atoms with Crippen LogP contribution in [0.5, 0.6) is 11.5 Å². The lowest BCUT2D eigenvalue weighted by atomic mass is 9.80. The van der Waals surface area contributed by atoms with E-state index < -0.39 is 0 Å². The summed E-state index contributed by atoms with van der Waals surface area (Å²) >= 11 is 0. The van der Waals surface area contributed by atoms with Gasteiger partial charge < -0.3 is 4.74 Å². The van der Waals surface area contributed by atoms with Gasteiger partial charge in [-0.1, -0.05) is 165 Å². The summed E-state index contributed by atoms with van der Waals surface area (Å²) < 4.78 is 13.9. The molecule has 0 amide bonds. The third kappa shape index (κ3) is 8.67. The van der Waals surface area contributed by atoms with Gasteiger partial charge in [0, 0.05) is 52.9 Å². The zero-order valence-electron chi connectivity index (χ0n) is 42.5. The molecule has 5 heteroatoms. The molecule has 0 fully saturated rings. The number of benzene rings is 6. The summed E-state index contributed by atoms with van der Waals surface area (Å²) in [5, 5.41) is 2.37. The van der Waals surface area contributed by atoms with Crippen LogP contribution in [0.15, 0.2) is 140 Å². The number of fused-ring (bicyclic) bond motifs is 4. The Morgan fingerprint density at radius 1 is 0.478 bits per heavy atom. The quantitative estimate of drug-likeness (QED) is 0.156. The maximum Gasteiger partial charge on any atom is 0.503 e. The van der Waals surface area contributed by atoms with Crippen LogP contribution >= 0.6 is 0 Å². The molecular weight excluding hydrogens is 817 g/mol. The summed E-state index contributed by atoms with van der Waals surface area (Å²) in [7, 11) is 0. The summed E-state index contributed by atoms with van der Waals surface area (Å²) in [5.74, 6) is 2.46. The highest BCUT2D eigenvalue weighted by molar-refractivity contribution is 6.10. The first-order valence-corrected chi connectivity index (χ1v) is 24.0. The average Bonchev–Trinajstić information content (AvgIpc) is 3.81. The predicted octanol–water partition coefficient (Wildman–Crippen LogP) is 17.0. The van der Waals surface area contributed by atoms with E-state index in [2.05, 4.69) is 257 Å². The van der Waals surface area contributed by atoms with E-state index in [9.17, 15) is 0 Å². The Hall–Kier alpha value is -6.55. The first-order valence-electron chi connectivity index (χ1n) is 24.0. The molecule has 5 nitrogen and oxygen atoms in total. The minimum absolute atomic E-state index is 0.00318. The second-order valence-corrected chi connectivity index (χ2v) is 23.8. The number of rotatable bonds is 6. The fraction of sp³-hybridized carbons (Fsp3) is 0.323. The molecule has 0 atom stereocenters. The van der Waals surface area contributed by atoms with E-state index in [1.807, 2.05) is 6.20 Å². The Bertz CT molecular complexity index is 3290. The lowest BCUT2D eigenvalue weighted by Crippen LogP contribution is -2.17. The molecule has 67 heavy (non-hydrogen) atoms. The fourth-order valence-corrected chi connectivity index (χ4v) is 9.26. The Labute approximate surface area is 399 Å². The van der Waals surface area contributed by atoms with E-state index in [0.717, 1.165) is 62.2 Å². The van der Waals surface area contributed by atoms with Crippen molar-refractivity contribution in [2.75, 3.05) is 0 Å². The predicted molar refractivity (Wildman–Crippen MR) is 285 cm³/mol. The summed E-state index contributed by atoms with van der Waals surface area (Å²) in [5.41, 5.74) is 14.6. The Morgan fingerprint density at radius 2 is 1.12 bits per heavy atom. The van der Waals surface area contributed by atoms with E-state index in [0.29, 0.717) is 0 Å². The molecule has 0 aliphatic carbocycles. The van der Waals surface area contributed by atoms with Crippen molar-refractivity contribution in [3.8, 4) is 28.4 Å². The minimum Gasteiger partial charge on any atom is -0.457 e. The van der Waals surface area contributed by atoms with Crippen molar-refractivity contribution in [2.45, 2.75) is 131 Å². The molecule has 2 aromatic heterocycles. The second-order valence-electron chi connectivity index (χ2n) is 23.8. The highest BCUT2D eigenvalue weighted by atomic mass is 16.5. The highest BCUT2D eigenvalue weighted by Gasteiger charge is 2.41. The van der Waals surface area contributed by atoms with Crippen molar-refractivity contribution in [3.05, 3.63) is 167 Å². The molecule has 0 unspecified atom stereocenters. The van der Waals surface area contributed by atoms with Gasteiger partial charge in [0.2, 0.25) is 11.4 Å². The Kier molecular flexibility index (Phi) is 10.9. The number of para-hydroxylation sites is 2. The van der Waals surface area contributed by atoms with Gasteiger partial charge in [-0.15, -0.1) is 0 Å². The number of nitrogens with zero attached hydrogens (tertiary/aromatic N) is 4. The Balaban J connectivity index is 1.24. The van der Waals surface area contributed by atoms with E-state index >= 15 is 0 Å². The number of ether oxygens (including phenoxy) is 1. The van der Waals surface area contributed by atoms with E-state index in [4.69, 9.17) is 9.72 Å². The van der Waals surface area contributed by atoms with Gasteiger partial charge in [-0.25, -0.2) is 4.98 Å². The molecule has 0 spiro atoms. The molecule has 8 aromatic rings. The molecule has 9 rings (SSSR count). The number of pyridine rings is 1. The van der Waals surface area contributed by atoms with Gasteiger partial charge in [0.15, 0.2) is 0 Å². The standard InChI is InChI=1S/C62H68N4O/c1-58(2,3)41-22-18-21-40(31-41)48-26-20-28-53-57(48)65(46-33-43(60(7,8)9)32-44(34-46)61(10,11)12)39-64(53)45-23-19-24-47(36-45)67-55-38-54-50(37-51(55)62(13,14)15)49-25-16-17-27-52(49)66(54)56-35-42(29-30-63-56)59(4,5)6/h16-38H,1-15H3/q+2. The molecule has 0 bridgehead atoms. The Morgan fingerprint density at radius 3 is 1.79 bits per heavy atom. The SMILES string of the molecule is CC(C)(C)c1cccc(-c2cccc3c2[N+](c2cc(C(C)(C)C)cc(C(C)(C)C)c2)=C=[N+]3c2cccc(Oc3cc4c(cc3C(C)(C)C)c3ccccc3n4-c3cc(C(C)(C)C)ccn3)c2)c1. The summed E-state index contributed by atoms with van der Waals surface area (Å²) in [6.45, 7) is 34.2. The summed E-state index contributed by atoms with van der Waals surface area (Å²) in [4.78, 5) is 4.96. The van der Waals surface area contributed by atoms with Crippen LogP contribution < -0.4 is 13.9 Å². The van der Waals surface area contributed by atoms with Crippen LogP contribution in [0.25, 0.3) is 38.8 Å². The van der Waals surface area contributed by atoms with E-state index in [1.54, 1.807) is 0 Å². The number of hydrogen-bond acceptors (Lipinski definition) is 2. The molecule has 0 saturated carbocycles. The van der Waals surface area contributed by atoms with Gasteiger partial charge in [-0.2, -0.15) is 0 Å². The molecule has 1 aliphatic rings. The number of hydrogen-bond donors (Lipinski definition) is 0. The van der Waals surface area contributed by atoms with Gasteiger partial charge in [0.1, 0.15) is 17.3 Å². The maximum atomic E-state index is 7.15. The molecule has 0 saturated heterocycles. The molecule has 3 heterocycles. The number of aromatic nitrogens is 2. The van der Waals surface area contributed by atoms with Gasteiger partial charge in [-0.3, -0.25) is 4.57 Å². The normalized spacial score (nSPS) is 13.5. The average molecular weight is 885 g/mol. The van der Waals surface area contributed by atoms with E-state index in [1.165, 1.54) is 38.6 Å². The zero-order chi connectivity index (χ0) is 48.0. The van der Waals surface area contributed by atoms with E-state index in [-0.39, 0.29) is 27.1 Å². The summed E-state index contributed by atoms with van der Waals surface area (Å²) in [6.07, 6.45) is 1.94. The highest BCUT2D eigenvalue weighted by Crippen LogP contribution is 2.47. The van der Waals surface area contributed by atoms with Crippen LogP contribution in [0.3, 0.4) is 0 Å². The maximum absolute atomic E-state index is 7.15. The van der Waals surface area contributed by atoms with Crippen LogP contribution in [0.1, 0.15) is 132 Å². The first-order chi connectivity index (χ1) is 31.4. The van der Waals surface area contributed by atoms with Crippen LogP contribution in [0, 0.1) is 0 Å². The molecular formula is C62H68N4O+2. The second kappa shape index (κ2) is 16.1. The third-order valence-electron chi connectivity index (χ3n) is 13.4. The molecule has 340 valence electrons. The van der Waals surface area contributed by atoms with Crippen LogP contribution in [0.2, 0.25) is 0 Å². The topological polar surface area (TPSA) is 33.1 Å². The largest absolute Gasteiger partial charge is 0.503 e. The minimum atomic E-state index is -0.209. The van der Waals surface area contributed by atoms with Crippen molar-refractivity contribution < 1.29 is 4.74 Å². The molecule has 1 aliphatic heterocycles. The van der Waals surface area contributed by atoms with Gasteiger partial charge in [-0.05, 0) is 100 Å². The van der Waals surface area contributed by atoms with Crippen LogP contribution in [0.4, 0.5) is 22.7 Å².